The molecule has 3 N–H and O–H groups in total. The van der Waals surface area contributed by atoms with Crippen molar-refractivity contribution < 1.29 is 23.9 Å². The number of amides is 1. The second-order valence-corrected chi connectivity index (χ2v) is 7.69. The molecule has 2 aromatic carbocycles. The highest BCUT2D eigenvalue weighted by Gasteiger charge is 2.33. The molecule has 2 aromatic rings. The summed E-state index contributed by atoms with van der Waals surface area (Å²) in [5, 5.41) is 2.88. The van der Waals surface area contributed by atoms with Crippen LogP contribution in [0.3, 0.4) is 0 Å². The van der Waals surface area contributed by atoms with Crippen molar-refractivity contribution in [1.82, 2.24) is 5.32 Å². The minimum absolute atomic E-state index is 0.00351. The third-order valence-electron chi connectivity index (χ3n) is 5.71. The highest BCUT2D eigenvalue weighted by molar-refractivity contribution is 6.30. The molecule has 2 aliphatic carbocycles. The van der Waals surface area contributed by atoms with Crippen molar-refractivity contribution in [2.24, 2.45) is 0 Å². The van der Waals surface area contributed by atoms with Crippen LogP contribution in [-0.2, 0) is 9.53 Å². The van der Waals surface area contributed by atoms with E-state index in [4.69, 9.17) is 10.5 Å². The Bertz CT molecular complexity index is 1070. The predicted octanol–water partition coefficient (Wildman–Crippen LogP) is 2.65. The van der Waals surface area contributed by atoms with Gasteiger partial charge in [0.1, 0.15) is 0 Å². The van der Waals surface area contributed by atoms with Crippen LogP contribution in [0.15, 0.2) is 36.4 Å². The lowest BCUT2D eigenvalue weighted by Crippen LogP contribution is -2.41. The molecule has 4 rings (SSSR count). The van der Waals surface area contributed by atoms with E-state index >= 15 is 0 Å². The van der Waals surface area contributed by atoms with Crippen LogP contribution in [0.25, 0.3) is 0 Å². The molecule has 2 aliphatic rings. The molecule has 1 fully saturated rings. The zero-order valence-electron chi connectivity index (χ0n) is 16.6. The molecule has 30 heavy (non-hydrogen) atoms. The lowest BCUT2D eigenvalue weighted by molar-refractivity contribution is -0.129. The maximum Gasteiger partial charge on any atom is 0.341 e. The molecule has 7 nitrogen and oxygen atoms in total. The van der Waals surface area contributed by atoms with Crippen molar-refractivity contribution in [3.63, 3.8) is 0 Å². The standard InChI is InChI=1S/C23H22N2O5/c1-12(22(28)25-13-6-2-3-7-13)30-23(29)17-11-10-16-18(19(17)24)21(27)15-9-5-4-8-14(15)20(16)26/h4-5,8-13H,2-3,6-7,24H2,1H3,(H,25,28). The Balaban J connectivity index is 1.57. The Labute approximate surface area is 173 Å². The van der Waals surface area contributed by atoms with Gasteiger partial charge in [-0.25, -0.2) is 4.79 Å². The van der Waals surface area contributed by atoms with Crippen molar-refractivity contribution in [3.8, 4) is 0 Å². The molecule has 0 saturated heterocycles. The molecular weight excluding hydrogens is 384 g/mol. The van der Waals surface area contributed by atoms with E-state index in [1.807, 2.05) is 0 Å². The maximum absolute atomic E-state index is 12.9. The number of hydrogen-bond acceptors (Lipinski definition) is 6. The number of rotatable bonds is 4. The molecule has 0 bridgehead atoms. The normalized spacial score (nSPS) is 16.6. The van der Waals surface area contributed by atoms with E-state index in [-0.39, 0.29) is 45.7 Å². The van der Waals surface area contributed by atoms with Gasteiger partial charge >= 0.3 is 5.97 Å². The first kappa shape index (κ1) is 19.8. The van der Waals surface area contributed by atoms with Crippen LogP contribution in [0.4, 0.5) is 5.69 Å². The van der Waals surface area contributed by atoms with Crippen molar-refractivity contribution in [2.75, 3.05) is 5.73 Å². The predicted molar refractivity (Wildman–Crippen MR) is 109 cm³/mol. The van der Waals surface area contributed by atoms with Crippen LogP contribution in [0, 0.1) is 0 Å². The van der Waals surface area contributed by atoms with Gasteiger partial charge in [0.15, 0.2) is 17.7 Å². The number of nitrogens with one attached hydrogen (secondary N) is 1. The quantitative estimate of drug-likeness (QED) is 0.508. The first-order valence-electron chi connectivity index (χ1n) is 10.0. The van der Waals surface area contributed by atoms with E-state index in [1.165, 1.54) is 19.1 Å². The maximum atomic E-state index is 12.9. The number of carbonyl (C=O) groups excluding carboxylic acids is 4. The van der Waals surface area contributed by atoms with E-state index in [0.29, 0.717) is 5.56 Å². The highest BCUT2D eigenvalue weighted by atomic mass is 16.5. The zero-order valence-corrected chi connectivity index (χ0v) is 16.6. The van der Waals surface area contributed by atoms with Gasteiger partial charge in [0.05, 0.1) is 16.8 Å². The molecule has 0 spiro atoms. The molecule has 0 radical (unpaired) electrons. The number of nitrogen functional groups attached to an aromatic ring is 1. The summed E-state index contributed by atoms with van der Waals surface area (Å²) in [5.41, 5.74) is 6.66. The molecule has 1 unspecified atom stereocenters. The van der Waals surface area contributed by atoms with E-state index in [2.05, 4.69) is 5.32 Å². The van der Waals surface area contributed by atoms with Crippen LogP contribution in [0.5, 0.6) is 0 Å². The van der Waals surface area contributed by atoms with Crippen molar-refractivity contribution in [2.45, 2.75) is 44.8 Å². The van der Waals surface area contributed by atoms with E-state index in [1.54, 1.807) is 24.3 Å². The van der Waals surface area contributed by atoms with Crippen molar-refractivity contribution >= 4 is 29.1 Å². The molecule has 1 atom stereocenters. The number of ether oxygens (including phenoxy) is 1. The number of benzene rings is 2. The van der Waals surface area contributed by atoms with Gasteiger partial charge < -0.3 is 15.8 Å². The Morgan fingerprint density at radius 1 is 1.00 bits per heavy atom. The molecule has 1 amide bonds. The summed E-state index contributed by atoms with van der Waals surface area (Å²) >= 11 is 0. The van der Waals surface area contributed by atoms with Crippen LogP contribution in [0.2, 0.25) is 0 Å². The van der Waals surface area contributed by atoms with Crippen LogP contribution in [-0.4, -0.2) is 35.6 Å². The summed E-state index contributed by atoms with van der Waals surface area (Å²) in [5.74, 6) is -1.93. The Kier molecular flexibility index (Phi) is 5.11. The van der Waals surface area contributed by atoms with Gasteiger partial charge in [-0.15, -0.1) is 0 Å². The number of anilines is 1. The average molecular weight is 406 g/mol. The summed E-state index contributed by atoms with van der Waals surface area (Å²) in [6.45, 7) is 1.49. The Morgan fingerprint density at radius 3 is 2.30 bits per heavy atom. The van der Waals surface area contributed by atoms with Gasteiger partial charge in [-0.2, -0.15) is 0 Å². The summed E-state index contributed by atoms with van der Waals surface area (Å²) in [6.07, 6.45) is 2.97. The number of nitrogens with two attached hydrogens (primary N) is 1. The first-order valence-corrected chi connectivity index (χ1v) is 10.0. The Hall–Kier alpha value is -3.48. The van der Waals surface area contributed by atoms with Crippen molar-refractivity contribution in [3.05, 3.63) is 64.2 Å². The average Bonchev–Trinajstić information content (AvgIpc) is 3.24. The van der Waals surface area contributed by atoms with Crippen LogP contribution >= 0.6 is 0 Å². The lowest BCUT2D eigenvalue weighted by atomic mass is 9.82. The zero-order chi connectivity index (χ0) is 21.4. The highest BCUT2D eigenvalue weighted by Crippen LogP contribution is 2.33. The minimum atomic E-state index is -1.01. The smallest absolute Gasteiger partial charge is 0.341 e. The molecule has 1 saturated carbocycles. The second kappa shape index (κ2) is 7.74. The van der Waals surface area contributed by atoms with Gasteiger partial charge in [-0.05, 0) is 31.9 Å². The molecule has 0 aromatic heterocycles. The number of hydrogen-bond donors (Lipinski definition) is 2. The summed E-state index contributed by atoms with van der Waals surface area (Å²) in [7, 11) is 0. The molecule has 0 heterocycles. The monoisotopic (exact) mass is 406 g/mol. The Morgan fingerprint density at radius 2 is 1.63 bits per heavy atom. The number of fused-ring (bicyclic) bond motifs is 2. The van der Waals surface area contributed by atoms with Crippen LogP contribution in [0.1, 0.15) is 74.8 Å². The summed E-state index contributed by atoms with van der Waals surface area (Å²) < 4.78 is 5.28. The minimum Gasteiger partial charge on any atom is -0.449 e. The van der Waals surface area contributed by atoms with E-state index in [0.717, 1.165) is 25.7 Å². The SMILES string of the molecule is CC(OC(=O)c1ccc2c(c1N)C(=O)c1ccccc1C2=O)C(=O)NC1CCCC1. The van der Waals surface area contributed by atoms with Gasteiger partial charge in [-0.3, -0.25) is 14.4 Å². The van der Waals surface area contributed by atoms with Gasteiger partial charge in [0.25, 0.3) is 5.91 Å². The largest absolute Gasteiger partial charge is 0.449 e. The number of ketones is 2. The van der Waals surface area contributed by atoms with E-state index in [9.17, 15) is 19.2 Å². The third-order valence-corrected chi connectivity index (χ3v) is 5.71. The fourth-order valence-corrected chi connectivity index (χ4v) is 4.06. The fourth-order valence-electron chi connectivity index (χ4n) is 4.06. The first-order chi connectivity index (χ1) is 14.4. The fraction of sp³-hybridized carbons (Fsp3) is 0.304. The molecule has 7 heteroatoms. The summed E-state index contributed by atoms with van der Waals surface area (Å²) in [4.78, 5) is 50.6. The third kappa shape index (κ3) is 3.36. The van der Waals surface area contributed by atoms with Crippen molar-refractivity contribution in [1.29, 1.82) is 0 Å². The summed E-state index contributed by atoms with van der Waals surface area (Å²) in [6, 6.07) is 9.35. The van der Waals surface area contributed by atoms with Gasteiger partial charge in [0, 0.05) is 22.7 Å². The number of carbonyl (C=O) groups is 4. The molecule has 154 valence electrons. The second-order valence-electron chi connectivity index (χ2n) is 7.69. The number of esters is 1. The molecule has 0 aliphatic heterocycles. The van der Waals surface area contributed by atoms with Crippen LogP contribution < -0.4 is 11.1 Å². The van der Waals surface area contributed by atoms with Gasteiger partial charge in [0.2, 0.25) is 0 Å². The topological polar surface area (TPSA) is 116 Å². The lowest BCUT2D eigenvalue weighted by Gasteiger charge is -2.21. The van der Waals surface area contributed by atoms with E-state index < -0.39 is 17.9 Å². The van der Waals surface area contributed by atoms with Gasteiger partial charge in [-0.1, -0.05) is 37.1 Å². The molecular formula is C23H22N2O5.